The fourth-order valence-corrected chi connectivity index (χ4v) is 4.85. The molecule has 1 heterocycles. The van der Waals surface area contributed by atoms with Crippen molar-refractivity contribution in [3.8, 4) is 17.2 Å². The molecule has 0 saturated carbocycles. The first-order valence-electron chi connectivity index (χ1n) is 10.7. The van der Waals surface area contributed by atoms with Crippen LogP contribution < -0.4 is 23.8 Å². The van der Waals surface area contributed by atoms with Gasteiger partial charge in [0.1, 0.15) is 25.0 Å². The van der Waals surface area contributed by atoms with Crippen molar-refractivity contribution in [3.05, 3.63) is 48.0 Å². The summed E-state index contributed by atoms with van der Waals surface area (Å²) in [6.07, 6.45) is 1.41. The third kappa shape index (κ3) is 5.45. The number of carbonyl (C=O) groups is 1. The highest BCUT2D eigenvalue weighted by atomic mass is 32.2. The highest BCUT2D eigenvalue weighted by molar-refractivity contribution is 7.92. The van der Waals surface area contributed by atoms with Crippen LogP contribution >= 0.6 is 0 Å². The summed E-state index contributed by atoms with van der Waals surface area (Å²) in [6, 6.07) is 10.9. The average Bonchev–Trinajstić information content (AvgIpc) is 2.77. The van der Waals surface area contributed by atoms with Gasteiger partial charge in [-0.05, 0) is 62.2 Å². The first-order valence-corrected chi connectivity index (χ1v) is 12.5. The van der Waals surface area contributed by atoms with Gasteiger partial charge in [-0.1, -0.05) is 13.0 Å². The van der Waals surface area contributed by atoms with E-state index in [2.05, 4.69) is 5.32 Å². The maximum atomic E-state index is 13.2. The van der Waals surface area contributed by atoms with Gasteiger partial charge in [-0.15, -0.1) is 0 Å². The number of carbonyl (C=O) groups excluding carboxylic acids is 1. The molecule has 2 aromatic carbocycles. The van der Waals surface area contributed by atoms with Gasteiger partial charge < -0.3 is 19.5 Å². The second-order valence-corrected chi connectivity index (χ2v) is 9.40. The largest absolute Gasteiger partial charge is 0.494 e. The van der Waals surface area contributed by atoms with Crippen LogP contribution in [0.15, 0.2) is 42.5 Å². The fourth-order valence-electron chi connectivity index (χ4n) is 3.64. The fraction of sp³-hybridized carbons (Fsp3) is 0.435. The molecule has 1 aliphatic heterocycles. The molecular formula is C23H30N2O6S. The van der Waals surface area contributed by atoms with E-state index in [0.29, 0.717) is 49.2 Å². The minimum atomic E-state index is -3.72. The van der Waals surface area contributed by atoms with E-state index in [-0.39, 0.29) is 11.9 Å². The van der Waals surface area contributed by atoms with Gasteiger partial charge in [0.05, 0.1) is 24.6 Å². The molecule has 0 spiro atoms. The Labute approximate surface area is 189 Å². The molecule has 1 N–H and O–H groups in total. The summed E-state index contributed by atoms with van der Waals surface area (Å²) < 4.78 is 43.1. The number of sulfonamides is 1. The molecule has 0 aliphatic carbocycles. The molecule has 0 fully saturated rings. The molecule has 1 amide bonds. The highest BCUT2D eigenvalue weighted by Crippen LogP contribution is 2.33. The van der Waals surface area contributed by atoms with Crippen molar-refractivity contribution in [2.24, 2.45) is 0 Å². The van der Waals surface area contributed by atoms with Crippen LogP contribution in [0.1, 0.15) is 38.8 Å². The highest BCUT2D eigenvalue weighted by Gasteiger charge is 2.32. The zero-order valence-electron chi connectivity index (χ0n) is 18.8. The average molecular weight is 463 g/mol. The molecule has 0 radical (unpaired) electrons. The van der Waals surface area contributed by atoms with Crippen LogP contribution in [0.25, 0.3) is 0 Å². The third-order valence-electron chi connectivity index (χ3n) is 5.16. The Hall–Kier alpha value is -2.94. The number of fused-ring (bicyclic) bond motifs is 1. The second-order valence-electron chi connectivity index (χ2n) is 7.54. The Bertz CT molecular complexity index is 1040. The zero-order valence-corrected chi connectivity index (χ0v) is 19.6. The number of nitrogens with zero attached hydrogens (tertiary/aromatic N) is 1. The van der Waals surface area contributed by atoms with Gasteiger partial charge in [-0.3, -0.25) is 9.10 Å². The molecule has 1 aliphatic rings. The summed E-state index contributed by atoms with van der Waals surface area (Å²) in [5.74, 6) is 1.56. The topological polar surface area (TPSA) is 94.2 Å². The van der Waals surface area contributed by atoms with Gasteiger partial charge >= 0.3 is 0 Å². The summed E-state index contributed by atoms with van der Waals surface area (Å²) >= 11 is 0. The Kier molecular flexibility index (Phi) is 7.50. The number of hydrogen-bond acceptors (Lipinski definition) is 6. The molecular weight excluding hydrogens is 432 g/mol. The van der Waals surface area contributed by atoms with Crippen LogP contribution in [0.2, 0.25) is 0 Å². The van der Waals surface area contributed by atoms with E-state index in [0.717, 1.165) is 16.1 Å². The molecule has 0 bridgehead atoms. The number of anilines is 1. The molecule has 8 nitrogen and oxygen atoms in total. The first-order chi connectivity index (χ1) is 15.2. The molecule has 2 atom stereocenters. The monoisotopic (exact) mass is 462 g/mol. The van der Waals surface area contributed by atoms with Gasteiger partial charge in [0.25, 0.3) is 0 Å². The van der Waals surface area contributed by atoms with E-state index in [1.54, 1.807) is 31.2 Å². The molecule has 174 valence electrons. The van der Waals surface area contributed by atoms with E-state index in [1.165, 1.54) is 0 Å². The predicted octanol–water partition coefficient (Wildman–Crippen LogP) is 3.28. The predicted molar refractivity (Wildman–Crippen MR) is 123 cm³/mol. The van der Waals surface area contributed by atoms with Crippen LogP contribution in [-0.4, -0.2) is 46.4 Å². The lowest BCUT2D eigenvalue weighted by Crippen LogP contribution is -2.49. The smallest absolute Gasteiger partial charge is 0.244 e. The number of rotatable bonds is 9. The molecule has 2 aromatic rings. The SMILES string of the molecule is CCOc1ccc(N([C@@H](CC)C(=O)N[C@H](C)c2ccc3c(c2)OCCO3)S(C)(=O)=O)cc1. The molecule has 9 heteroatoms. The third-order valence-corrected chi connectivity index (χ3v) is 6.34. The lowest BCUT2D eigenvalue weighted by Gasteiger charge is -2.31. The van der Waals surface area contributed by atoms with E-state index in [4.69, 9.17) is 14.2 Å². The van der Waals surface area contributed by atoms with Gasteiger partial charge in [-0.25, -0.2) is 8.42 Å². The standard InChI is InChI=1S/C23H30N2O6S/c1-5-20(25(32(4,27)28)18-8-10-19(11-9-18)29-6-2)23(26)24-16(3)17-7-12-21-22(15-17)31-14-13-30-21/h7-12,15-16,20H,5-6,13-14H2,1-4H3,(H,24,26)/t16-,20+/m1/s1. The van der Waals surface area contributed by atoms with E-state index in [9.17, 15) is 13.2 Å². The number of amides is 1. The van der Waals surface area contributed by atoms with Gasteiger partial charge in [0.15, 0.2) is 11.5 Å². The van der Waals surface area contributed by atoms with Crippen LogP contribution in [0.5, 0.6) is 17.2 Å². The van der Waals surface area contributed by atoms with Gasteiger partial charge in [-0.2, -0.15) is 0 Å². The van der Waals surface area contributed by atoms with Crippen molar-refractivity contribution < 1.29 is 27.4 Å². The molecule has 0 unspecified atom stereocenters. The summed E-state index contributed by atoms with van der Waals surface area (Å²) in [5, 5.41) is 2.94. The Morgan fingerprint density at radius 2 is 1.75 bits per heavy atom. The van der Waals surface area contributed by atoms with Gasteiger partial charge in [0, 0.05) is 0 Å². The maximum Gasteiger partial charge on any atom is 0.244 e. The Morgan fingerprint density at radius 1 is 1.09 bits per heavy atom. The Morgan fingerprint density at radius 3 is 2.34 bits per heavy atom. The van der Waals surface area contributed by atoms with Crippen molar-refractivity contribution >= 4 is 21.6 Å². The van der Waals surface area contributed by atoms with Crippen LogP contribution in [-0.2, 0) is 14.8 Å². The zero-order chi connectivity index (χ0) is 23.3. The van der Waals surface area contributed by atoms with Crippen molar-refractivity contribution in [1.29, 1.82) is 0 Å². The van der Waals surface area contributed by atoms with Crippen LogP contribution in [0, 0.1) is 0 Å². The molecule has 32 heavy (non-hydrogen) atoms. The first kappa shape index (κ1) is 23.7. The van der Waals surface area contributed by atoms with Crippen LogP contribution in [0.3, 0.4) is 0 Å². The lowest BCUT2D eigenvalue weighted by molar-refractivity contribution is -0.122. The van der Waals surface area contributed by atoms with Crippen molar-refractivity contribution in [1.82, 2.24) is 5.32 Å². The molecule has 0 saturated heterocycles. The van der Waals surface area contributed by atoms with E-state index < -0.39 is 16.1 Å². The van der Waals surface area contributed by atoms with Crippen molar-refractivity contribution in [2.45, 2.75) is 39.3 Å². The van der Waals surface area contributed by atoms with Crippen LogP contribution in [0.4, 0.5) is 5.69 Å². The van der Waals surface area contributed by atoms with E-state index >= 15 is 0 Å². The number of benzene rings is 2. The number of hydrogen-bond donors (Lipinski definition) is 1. The maximum absolute atomic E-state index is 13.2. The minimum absolute atomic E-state index is 0.306. The summed E-state index contributed by atoms with van der Waals surface area (Å²) in [4.78, 5) is 13.2. The molecule has 3 rings (SSSR count). The second kappa shape index (κ2) is 10.1. The summed E-state index contributed by atoms with van der Waals surface area (Å²) in [5.41, 5.74) is 1.24. The van der Waals surface area contributed by atoms with Crippen molar-refractivity contribution in [2.75, 3.05) is 30.4 Å². The number of nitrogens with one attached hydrogen (secondary N) is 1. The number of ether oxygens (including phenoxy) is 3. The minimum Gasteiger partial charge on any atom is -0.494 e. The Balaban J connectivity index is 1.81. The summed E-state index contributed by atoms with van der Waals surface area (Å²) in [7, 11) is -3.72. The summed E-state index contributed by atoms with van der Waals surface area (Å²) in [6.45, 7) is 6.98. The molecule has 0 aromatic heterocycles. The van der Waals surface area contributed by atoms with E-state index in [1.807, 2.05) is 32.0 Å². The van der Waals surface area contributed by atoms with Gasteiger partial charge in [0.2, 0.25) is 15.9 Å². The normalized spacial score (nSPS) is 14.9. The van der Waals surface area contributed by atoms with Crippen molar-refractivity contribution in [3.63, 3.8) is 0 Å². The lowest BCUT2D eigenvalue weighted by atomic mass is 10.1. The quantitative estimate of drug-likeness (QED) is 0.615.